The standard InChI is InChI=1S/C25H28N2O/c1-28-25-14-10-22(11-15-25)23-9-13-24(26-18-23)12-8-20-4-6-21(7-5-20)19-27-16-2-3-17-27/h4-7,9-11,13-15,18H,2-3,8,12,16-17,19H2,1H3. The Morgan fingerprint density at radius 2 is 1.46 bits per heavy atom. The van der Waals surface area contributed by atoms with Crippen LogP contribution in [0, 0.1) is 0 Å². The van der Waals surface area contributed by atoms with Crippen LogP contribution in [0.2, 0.25) is 0 Å². The third kappa shape index (κ3) is 4.79. The Bertz CT molecular complexity index is 864. The van der Waals surface area contributed by atoms with E-state index in [0.717, 1.165) is 42.0 Å². The monoisotopic (exact) mass is 372 g/mol. The number of hydrogen-bond acceptors (Lipinski definition) is 3. The predicted molar refractivity (Wildman–Crippen MR) is 115 cm³/mol. The Labute approximate surface area is 168 Å². The molecule has 1 saturated heterocycles. The van der Waals surface area contributed by atoms with Gasteiger partial charge in [-0.2, -0.15) is 0 Å². The minimum Gasteiger partial charge on any atom is -0.497 e. The van der Waals surface area contributed by atoms with Crippen molar-refractivity contribution in [1.29, 1.82) is 0 Å². The van der Waals surface area contributed by atoms with Crippen LogP contribution in [0.1, 0.15) is 29.7 Å². The first kappa shape index (κ1) is 18.7. The Hall–Kier alpha value is -2.65. The molecule has 1 aliphatic heterocycles. The second kappa shape index (κ2) is 9.03. The number of ether oxygens (including phenoxy) is 1. The minimum atomic E-state index is 0.875. The summed E-state index contributed by atoms with van der Waals surface area (Å²) in [5.74, 6) is 0.875. The van der Waals surface area contributed by atoms with Gasteiger partial charge in [0.15, 0.2) is 0 Å². The van der Waals surface area contributed by atoms with Crippen molar-refractivity contribution >= 4 is 0 Å². The molecule has 3 nitrogen and oxygen atoms in total. The summed E-state index contributed by atoms with van der Waals surface area (Å²) in [5, 5.41) is 0. The number of benzene rings is 2. The fourth-order valence-electron chi connectivity index (χ4n) is 3.81. The molecule has 3 aromatic rings. The van der Waals surface area contributed by atoms with Crippen molar-refractivity contribution < 1.29 is 4.74 Å². The van der Waals surface area contributed by atoms with E-state index in [2.05, 4.69) is 58.4 Å². The van der Waals surface area contributed by atoms with Crippen molar-refractivity contribution in [3.63, 3.8) is 0 Å². The molecule has 3 heteroatoms. The molecular weight excluding hydrogens is 344 g/mol. The second-order valence-electron chi connectivity index (χ2n) is 7.57. The molecule has 2 heterocycles. The third-order valence-corrected chi connectivity index (χ3v) is 5.55. The SMILES string of the molecule is COc1ccc(-c2ccc(CCc3ccc(CN4CCCC4)cc3)nc2)cc1. The molecule has 0 radical (unpaired) electrons. The maximum atomic E-state index is 5.22. The highest BCUT2D eigenvalue weighted by molar-refractivity contribution is 5.63. The summed E-state index contributed by atoms with van der Waals surface area (Å²) in [4.78, 5) is 7.21. The molecule has 4 rings (SSSR count). The van der Waals surface area contributed by atoms with Gasteiger partial charge in [0.05, 0.1) is 7.11 Å². The lowest BCUT2D eigenvalue weighted by molar-refractivity contribution is 0.331. The molecule has 2 aromatic carbocycles. The molecule has 0 N–H and O–H groups in total. The van der Waals surface area contributed by atoms with Crippen molar-refractivity contribution in [3.8, 4) is 16.9 Å². The average Bonchev–Trinajstić information content (AvgIpc) is 3.27. The van der Waals surface area contributed by atoms with E-state index >= 15 is 0 Å². The number of hydrogen-bond donors (Lipinski definition) is 0. The molecule has 0 unspecified atom stereocenters. The van der Waals surface area contributed by atoms with Crippen molar-refractivity contribution in [2.24, 2.45) is 0 Å². The topological polar surface area (TPSA) is 25.4 Å². The van der Waals surface area contributed by atoms with E-state index in [9.17, 15) is 0 Å². The van der Waals surface area contributed by atoms with E-state index < -0.39 is 0 Å². The van der Waals surface area contributed by atoms with Crippen LogP contribution in [-0.4, -0.2) is 30.1 Å². The Kier molecular flexibility index (Phi) is 6.03. The first-order valence-corrected chi connectivity index (χ1v) is 10.2. The van der Waals surface area contributed by atoms with Crippen LogP contribution >= 0.6 is 0 Å². The molecule has 0 amide bonds. The molecule has 1 aromatic heterocycles. The number of aryl methyl sites for hydroxylation is 2. The van der Waals surface area contributed by atoms with Crippen molar-refractivity contribution in [2.45, 2.75) is 32.2 Å². The fourth-order valence-corrected chi connectivity index (χ4v) is 3.81. The third-order valence-electron chi connectivity index (χ3n) is 5.55. The van der Waals surface area contributed by atoms with Gasteiger partial charge in [-0.05, 0) is 73.7 Å². The van der Waals surface area contributed by atoms with E-state index in [1.807, 2.05) is 18.3 Å². The van der Waals surface area contributed by atoms with Gasteiger partial charge in [0.25, 0.3) is 0 Å². The highest BCUT2D eigenvalue weighted by Crippen LogP contribution is 2.22. The van der Waals surface area contributed by atoms with E-state index in [4.69, 9.17) is 4.74 Å². The van der Waals surface area contributed by atoms with Gasteiger partial charge in [0.2, 0.25) is 0 Å². The summed E-state index contributed by atoms with van der Waals surface area (Å²) in [7, 11) is 1.69. The van der Waals surface area contributed by atoms with Gasteiger partial charge >= 0.3 is 0 Å². The summed E-state index contributed by atoms with van der Waals surface area (Å²) in [6.45, 7) is 3.59. The number of methoxy groups -OCH3 is 1. The molecule has 0 spiro atoms. The normalized spacial score (nSPS) is 14.3. The van der Waals surface area contributed by atoms with Crippen LogP contribution < -0.4 is 4.74 Å². The zero-order valence-electron chi connectivity index (χ0n) is 16.6. The summed E-state index contributed by atoms with van der Waals surface area (Å²) in [6.07, 6.45) is 6.66. The summed E-state index contributed by atoms with van der Waals surface area (Å²) in [6, 6.07) is 21.5. The van der Waals surface area contributed by atoms with E-state index in [0.29, 0.717) is 0 Å². The Morgan fingerprint density at radius 3 is 2.11 bits per heavy atom. The summed E-state index contributed by atoms with van der Waals surface area (Å²) in [5.41, 5.74) is 6.24. The quantitative estimate of drug-likeness (QED) is 0.574. The number of likely N-dealkylation sites (tertiary alicyclic amines) is 1. The van der Waals surface area contributed by atoms with Crippen LogP contribution in [-0.2, 0) is 19.4 Å². The second-order valence-corrected chi connectivity index (χ2v) is 7.57. The van der Waals surface area contributed by atoms with Crippen molar-refractivity contribution in [1.82, 2.24) is 9.88 Å². The lowest BCUT2D eigenvalue weighted by atomic mass is 10.0. The first-order valence-electron chi connectivity index (χ1n) is 10.2. The van der Waals surface area contributed by atoms with Crippen molar-refractivity contribution in [2.75, 3.05) is 20.2 Å². The van der Waals surface area contributed by atoms with Gasteiger partial charge in [-0.1, -0.05) is 42.5 Å². The van der Waals surface area contributed by atoms with Gasteiger partial charge in [-0.3, -0.25) is 9.88 Å². The zero-order chi connectivity index (χ0) is 19.2. The van der Waals surface area contributed by atoms with Gasteiger partial charge in [-0.15, -0.1) is 0 Å². The van der Waals surface area contributed by atoms with Crippen LogP contribution in [0.4, 0.5) is 0 Å². The number of rotatable bonds is 7. The lowest BCUT2D eigenvalue weighted by Crippen LogP contribution is -2.18. The highest BCUT2D eigenvalue weighted by atomic mass is 16.5. The maximum absolute atomic E-state index is 5.22. The summed E-state index contributed by atoms with van der Waals surface area (Å²) < 4.78 is 5.22. The minimum absolute atomic E-state index is 0.875. The molecule has 0 aliphatic carbocycles. The maximum Gasteiger partial charge on any atom is 0.118 e. The smallest absolute Gasteiger partial charge is 0.118 e. The number of aromatic nitrogens is 1. The van der Waals surface area contributed by atoms with Crippen LogP contribution in [0.3, 0.4) is 0 Å². The first-order chi connectivity index (χ1) is 13.8. The highest BCUT2D eigenvalue weighted by Gasteiger charge is 2.11. The Morgan fingerprint density at radius 1 is 0.786 bits per heavy atom. The van der Waals surface area contributed by atoms with Crippen molar-refractivity contribution in [3.05, 3.63) is 83.7 Å². The largest absolute Gasteiger partial charge is 0.497 e. The Balaban J connectivity index is 1.31. The molecular formula is C25H28N2O. The average molecular weight is 373 g/mol. The van der Waals surface area contributed by atoms with E-state index in [1.54, 1.807) is 7.11 Å². The summed E-state index contributed by atoms with van der Waals surface area (Å²) >= 11 is 0. The molecule has 0 atom stereocenters. The number of nitrogens with zero attached hydrogens (tertiary/aromatic N) is 2. The van der Waals surface area contributed by atoms with Crippen LogP contribution in [0.5, 0.6) is 5.75 Å². The van der Waals surface area contributed by atoms with Gasteiger partial charge in [0, 0.05) is 24.0 Å². The molecule has 144 valence electrons. The predicted octanol–water partition coefficient (Wildman–Crippen LogP) is 5.14. The van der Waals surface area contributed by atoms with Gasteiger partial charge in [-0.25, -0.2) is 0 Å². The lowest BCUT2D eigenvalue weighted by Gasteiger charge is -2.14. The molecule has 1 aliphatic rings. The molecule has 28 heavy (non-hydrogen) atoms. The zero-order valence-corrected chi connectivity index (χ0v) is 16.6. The molecule has 0 bridgehead atoms. The molecule has 1 fully saturated rings. The van der Waals surface area contributed by atoms with Gasteiger partial charge < -0.3 is 4.74 Å². The fraction of sp³-hybridized carbons (Fsp3) is 0.320. The number of pyridine rings is 1. The van der Waals surface area contributed by atoms with Crippen LogP contribution in [0.25, 0.3) is 11.1 Å². The van der Waals surface area contributed by atoms with E-state index in [1.165, 1.54) is 37.1 Å². The molecule has 0 saturated carbocycles. The van der Waals surface area contributed by atoms with Gasteiger partial charge in [0.1, 0.15) is 5.75 Å². The van der Waals surface area contributed by atoms with E-state index in [-0.39, 0.29) is 0 Å². The van der Waals surface area contributed by atoms with Crippen LogP contribution in [0.15, 0.2) is 66.9 Å².